The first-order valence-electron chi connectivity index (χ1n) is 9.23. The normalized spacial score (nSPS) is 14.5. The average Bonchev–Trinajstić information content (AvgIpc) is 2.72. The zero-order chi connectivity index (χ0) is 18.9. The van der Waals surface area contributed by atoms with Gasteiger partial charge >= 0.3 is 0 Å². The van der Waals surface area contributed by atoms with Gasteiger partial charge in [-0.3, -0.25) is 14.5 Å². The molecule has 0 radical (unpaired) electrons. The number of anilines is 1. The molecule has 27 heavy (non-hydrogen) atoms. The molecule has 2 N–H and O–H groups in total. The number of hydrogen-bond acceptors (Lipinski definition) is 4. The van der Waals surface area contributed by atoms with Gasteiger partial charge in [-0.15, -0.1) is 0 Å². The van der Waals surface area contributed by atoms with Crippen molar-refractivity contribution in [3.63, 3.8) is 0 Å². The van der Waals surface area contributed by atoms with Crippen LogP contribution < -0.4 is 10.6 Å². The number of nitrogens with one attached hydrogen (secondary N) is 2. The molecule has 3 rings (SSSR count). The van der Waals surface area contributed by atoms with Crippen LogP contribution in [0.2, 0.25) is 0 Å². The minimum Gasteiger partial charge on any atom is -0.379 e. The molecule has 0 unspecified atom stereocenters. The Bertz CT molecular complexity index is 758. The molecule has 0 saturated carbocycles. The van der Waals surface area contributed by atoms with Crippen LogP contribution in [0.4, 0.5) is 5.69 Å². The van der Waals surface area contributed by atoms with Gasteiger partial charge in [0.25, 0.3) is 5.91 Å². The second-order valence-corrected chi connectivity index (χ2v) is 6.50. The number of carbonyl (C=O) groups excluding carboxylic acids is 2. The van der Waals surface area contributed by atoms with Crippen LogP contribution in [0.5, 0.6) is 0 Å². The van der Waals surface area contributed by atoms with Crippen LogP contribution in [0.1, 0.15) is 22.3 Å². The molecule has 0 atom stereocenters. The third kappa shape index (κ3) is 6.20. The molecule has 0 spiro atoms. The van der Waals surface area contributed by atoms with E-state index in [2.05, 4.69) is 15.5 Å². The maximum Gasteiger partial charge on any atom is 0.251 e. The van der Waals surface area contributed by atoms with E-state index in [-0.39, 0.29) is 11.8 Å². The Morgan fingerprint density at radius 3 is 2.56 bits per heavy atom. The van der Waals surface area contributed by atoms with Crippen molar-refractivity contribution in [3.8, 4) is 0 Å². The number of morpholine rings is 1. The van der Waals surface area contributed by atoms with E-state index in [0.717, 1.165) is 44.1 Å². The summed E-state index contributed by atoms with van der Waals surface area (Å²) < 4.78 is 5.31. The third-order valence-corrected chi connectivity index (χ3v) is 4.46. The Morgan fingerprint density at radius 2 is 1.78 bits per heavy atom. The van der Waals surface area contributed by atoms with Crippen molar-refractivity contribution in [3.05, 3.63) is 65.7 Å². The number of nitrogens with zero attached hydrogens (tertiary/aromatic N) is 1. The minimum absolute atomic E-state index is 0.00744. The van der Waals surface area contributed by atoms with Gasteiger partial charge < -0.3 is 15.4 Å². The molecule has 0 aromatic heterocycles. The number of carbonyl (C=O) groups is 2. The first kappa shape index (κ1) is 19.1. The van der Waals surface area contributed by atoms with Crippen molar-refractivity contribution in [2.24, 2.45) is 0 Å². The maximum absolute atomic E-state index is 12.2. The quantitative estimate of drug-likeness (QED) is 0.788. The molecule has 6 heteroatoms. The molecule has 1 saturated heterocycles. The summed E-state index contributed by atoms with van der Waals surface area (Å²) in [6.45, 7) is 4.37. The van der Waals surface area contributed by atoms with Crippen LogP contribution in [-0.4, -0.2) is 49.6 Å². The van der Waals surface area contributed by atoms with Gasteiger partial charge in [-0.1, -0.05) is 30.3 Å². The van der Waals surface area contributed by atoms with Crippen molar-refractivity contribution in [1.29, 1.82) is 0 Å². The standard InChI is InChI=1S/C21H25N3O3/c25-20(9-10-24-11-13-27-14-12-24)23-19-8-4-5-17(15-19)16-22-21(26)18-6-2-1-3-7-18/h1-8,15H,9-14,16H2,(H,22,26)(H,23,25). The van der Waals surface area contributed by atoms with Crippen molar-refractivity contribution in [2.75, 3.05) is 38.2 Å². The van der Waals surface area contributed by atoms with Crippen LogP contribution in [0, 0.1) is 0 Å². The second kappa shape index (κ2) is 9.85. The molecular formula is C21H25N3O3. The molecule has 6 nitrogen and oxygen atoms in total. The lowest BCUT2D eigenvalue weighted by Gasteiger charge is -2.26. The fraction of sp³-hybridized carbons (Fsp3) is 0.333. The van der Waals surface area contributed by atoms with Crippen LogP contribution in [-0.2, 0) is 16.1 Å². The molecule has 1 heterocycles. The monoisotopic (exact) mass is 367 g/mol. The fourth-order valence-corrected chi connectivity index (χ4v) is 2.94. The van der Waals surface area contributed by atoms with Crippen molar-refractivity contribution < 1.29 is 14.3 Å². The summed E-state index contributed by atoms with van der Waals surface area (Å²) in [6.07, 6.45) is 0.453. The van der Waals surface area contributed by atoms with E-state index in [1.807, 2.05) is 42.5 Å². The van der Waals surface area contributed by atoms with E-state index in [0.29, 0.717) is 18.5 Å². The predicted octanol–water partition coefficient (Wildman–Crippen LogP) is 2.28. The van der Waals surface area contributed by atoms with Crippen molar-refractivity contribution >= 4 is 17.5 Å². The SMILES string of the molecule is O=C(CCN1CCOCC1)Nc1cccc(CNC(=O)c2ccccc2)c1. The van der Waals surface area contributed by atoms with Gasteiger partial charge in [0.05, 0.1) is 13.2 Å². The molecule has 2 amide bonds. The number of amides is 2. The number of ether oxygens (including phenoxy) is 1. The highest BCUT2D eigenvalue weighted by atomic mass is 16.5. The summed E-state index contributed by atoms with van der Waals surface area (Å²) >= 11 is 0. The molecule has 1 fully saturated rings. The van der Waals surface area contributed by atoms with E-state index in [4.69, 9.17) is 4.74 Å². The Morgan fingerprint density at radius 1 is 1.00 bits per heavy atom. The van der Waals surface area contributed by atoms with Crippen LogP contribution in [0.3, 0.4) is 0 Å². The smallest absolute Gasteiger partial charge is 0.251 e. The topological polar surface area (TPSA) is 70.7 Å². The first-order valence-corrected chi connectivity index (χ1v) is 9.23. The van der Waals surface area contributed by atoms with Gasteiger partial charge in [-0.2, -0.15) is 0 Å². The van der Waals surface area contributed by atoms with E-state index >= 15 is 0 Å². The van der Waals surface area contributed by atoms with Crippen LogP contribution >= 0.6 is 0 Å². The Labute approximate surface area is 159 Å². The highest BCUT2D eigenvalue weighted by molar-refractivity contribution is 5.94. The van der Waals surface area contributed by atoms with Gasteiger partial charge in [0, 0.05) is 43.9 Å². The van der Waals surface area contributed by atoms with E-state index < -0.39 is 0 Å². The lowest BCUT2D eigenvalue weighted by Crippen LogP contribution is -2.38. The lowest BCUT2D eigenvalue weighted by atomic mass is 10.1. The number of hydrogen-bond donors (Lipinski definition) is 2. The summed E-state index contributed by atoms with van der Waals surface area (Å²) in [7, 11) is 0. The predicted molar refractivity (Wildman–Crippen MR) is 105 cm³/mol. The molecule has 2 aromatic rings. The summed E-state index contributed by atoms with van der Waals surface area (Å²) in [5.41, 5.74) is 2.31. The van der Waals surface area contributed by atoms with Gasteiger partial charge in [-0.25, -0.2) is 0 Å². The highest BCUT2D eigenvalue weighted by Crippen LogP contribution is 2.11. The Hall–Kier alpha value is -2.70. The summed E-state index contributed by atoms with van der Waals surface area (Å²) in [5.74, 6) is -0.123. The second-order valence-electron chi connectivity index (χ2n) is 6.50. The van der Waals surface area contributed by atoms with Gasteiger partial charge in [0.15, 0.2) is 0 Å². The van der Waals surface area contributed by atoms with E-state index in [1.54, 1.807) is 12.1 Å². The first-order chi connectivity index (χ1) is 13.2. The zero-order valence-electron chi connectivity index (χ0n) is 15.3. The number of benzene rings is 2. The largest absolute Gasteiger partial charge is 0.379 e. The molecular weight excluding hydrogens is 342 g/mol. The Kier molecular flexibility index (Phi) is 6.96. The minimum atomic E-state index is -0.115. The fourth-order valence-electron chi connectivity index (χ4n) is 2.94. The molecule has 1 aliphatic rings. The van der Waals surface area contributed by atoms with Gasteiger partial charge in [-0.05, 0) is 29.8 Å². The van der Waals surface area contributed by atoms with Crippen LogP contribution in [0.15, 0.2) is 54.6 Å². The Balaban J connectivity index is 1.46. The molecule has 0 aliphatic carbocycles. The van der Waals surface area contributed by atoms with Gasteiger partial charge in [0.2, 0.25) is 5.91 Å². The molecule has 2 aromatic carbocycles. The molecule has 1 aliphatic heterocycles. The van der Waals surface area contributed by atoms with Gasteiger partial charge in [0.1, 0.15) is 0 Å². The third-order valence-electron chi connectivity index (χ3n) is 4.46. The highest BCUT2D eigenvalue weighted by Gasteiger charge is 2.12. The summed E-state index contributed by atoms with van der Waals surface area (Å²) in [6, 6.07) is 16.6. The van der Waals surface area contributed by atoms with Crippen molar-refractivity contribution in [1.82, 2.24) is 10.2 Å². The summed E-state index contributed by atoms with van der Waals surface area (Å²) in [5, 5.41) is 5.83. The average molecular weight is 367 g/mol. The van der Waals surface area contributed by atoms with Crippen molar-refractivity contribution in [2.45, 2.75) is 13.0 Å². The van der Waals surface area contributed by atoms with E-state index in [9.17, 15) is 9.59 Å². The maximum atomic E-state index is 12.2. The van der Waals surface area contributed by atoms with E-state index in [1.165, 1.54) is 0 Å². The number of rotatable bonds is 7. The summed E-state index contributed by atoms with van der Waals surface area (Å²) in [4.78, 5) is 26.5. The molecule has 0 bridgehead atoms. The van der Waals surface area contributed by atoms with Crippen LogP contribution in [0.25, 0.3) is 0 Å². The molecule has 142 valence electrons. The lowest BCUT2D eigenvalue weighted by molar-refractivity contribution is -0.116. The zero-order valence-corrected chi connectivity index (χ0v) is 15.3.